The van der Waals surface area contributed by atoms with E-state index in [9.17, 15) is 0 Å². The van der Waals surface area contributed by atoms with Gasteiger partial charge in [-0.1, -0.05) is 22.0 Å². The summed E-state index contributed by atoms with van der Waals surface area (Å²) in [6.07, 6.45) is 5.08. The van der Waals surface area contributed by atoms with Gasteiger partial charge < -0.3 is 5.73 Å². The molecule has 0 atom stereocenters. The molecular weight excluding hydrogens is 254 g/mol. The fraction of sp³-hybridized carbons (Fsp3) is 0.0909. The molecular formula is C11H10BrN3. The molecule has 0 amide bonds. The van der Waals surface area contributed by atoms with Crippen molar-refractivity contribution >= 4 is 15.9 Å². The van der Waals surface area contributed by atoms with Gasteiger partial charge in [-0.2, -0.15) is 0 Å². The molecule has 4 heteroatoms. The first-order chi connectivity index (χ1) is 7.31. The van der Waals surface area contributed by atoms with Gasteiger partial charge in [-0.05, 0) is 17.7 Å². The number of nitrogens with two attached hydrogens (primary N) is 1. The molecule has 0 spiro atoms. The molecule has 0 saturated heterocycles. The molecule has 0 unspecified atom stereocenters. The molecule has 0 saturated carbocycles. The third-order valence-corrected chi connectivity index (χ3v) is 2.90. The molecule has 0 aliphatic rings. The van der Waals surface area contributed by atoms with E-state index in [1.54, 1.807) is 18.6 Å². The Bertz CT molecular complexity index is 457. The summed E-state index contributed by atoms with van der Waals surface area (Å²) < 4.78 is 1.03. The molecule has 0 radical (unpaired) electrons. The highest BCUT2D eigenvalue weighted by atomic mass is 79.9. The van der Waals surface area contributed by atoms with Gasteiger partial charge in [0, 0.05) is 29.0 Å². The number of rotatable bonds is 2. The van der Waals surface area contributed by atoms with E-state index in [1.807, 2.05) is 18.2 Å². The summed E-state index contributed by atoms with van der Waals surface area (Å²) >= 11 is 3.45. The Morgan fingerprint density at radius 2 is 2.13 bits per heavy atom. The lowest BCUT2D eigenvalue weighted by Gasteiger charge is -2.04. The van der Waals surface area contributed by atoms with Crippen molar-refractivity contribution in [2.45, 2.75) is 6.54 Å². The number of benzene rings is 1. The first-order valence-corrected chi connectivity index (χ1v) is 5.35. The zero-order chi connectivity index (χ0) is 10.7. The fourth-order valence-electron chi connectivity index (χ4n) is 1.34. The second-order valence-corrected chi connectivity index (χ2v) is 3.96. The second kappa shape index (κ2) is 4.51. The summed E-state index contributed by atoms with van der Waals surface area (Å²) in [5.41, 5.74) is 8.59. The predicted molar refractivity (Wildman–Crippen MR) is 63.1 cm³/mol. The molecule has 2 rings (SSSR count). The number of aromatic nitrogens is 2. The van der Waals surface area contributed by atoms with Crippen LogP contribution in [0.4, 0.5) is 0 Å². The minimum absolute atomic E-state index is 0.509. The van der Waals surface area contributed by atoms with Crippen molar-refractivity contribution in [3.05, 3.63) is 46.8 Å². The third kappa shape index (κ3) is 2.22. The first kappa shape index (κ1) is 10.3. The van der Waals surface area contributed by atoms with Crippen LogP contribution in [-0.2, 0) is 6.54 Å². The number of nitrogens with zero attached hydrogens (tertiary/aromatic N) is 2. The molecule has 15 heavy (non-hydrogen) atoms. The Morgan fingerprint density at radius 1 is 1.27 bits per heavy atom. The highest BCUT2D eigenvalue weighted by Gasteiger charge is 2.02. The molecule has 0 aliphatic carbocycles. The second-order valence-electron chi connectivity index (χ2n) is 3.10. The monoisotopic (exact) mass is 263 g/mol. The first-order valence-electron chi connectivity index (χ1n) is 4.56. The van der Waals surface area contributed by atoms with E-state index in [1.165, 1.54) is 0 Å². The Kier molecular flexibility index (Phi) is 3.08. The molecule has 3 nitrogen and oxygen atoms in total. The Balaban J connectivity index is 2.46. The zero-order valence-electron chi connectivity index (χ0n) is 8.02. The van der Waals surface area contributed by atoms with Crippen LogP contribution < -0.4 is 5.73 Å². The summed E-state index contributed by atoms with van der Waals surface area (Å²) in [5, 5.41) is 0. The van der Waals surface area contributed by atoms with E-state index >= 15 is 0 Å². The van der Waals surface area contributed by atoms with Crippen molar-refractivity contribution in [3.8, 4) is 11.3 Å². The largest absolute Gasteiger partial charge is 0.326 e. The van der Waals surface area contributed by atoms with Gasteiger partial charge in [0.15, 0.2) is 0 Å². The van der Waals surface area contributed by atoms with E-state index < -0.39 is 0 Å². The van der Waals surface area contributed by atoms with Crippen LogP contribution in [0.1, 0.15) is 5.56 Å². The minimum Gasteiger partial charge on any atom is -0.326 e. The lowest BCUT2D eigenvalue weighted by molar-refractivity contribution is 1.06. The summed E-state index contributed by atoms with van der Waals surface area (Å²) in [5.74, 6) is 0. The van der Waals surface area contributed by atoms with Crippen LogP contribution in [-0.4, -0.2) is 9.97 Å². The van der Waals surface area contributed by atoms with Crippen molar-refractivity contribution in [1.82, 2.24) is 9.97 Å². The van der Waals surface area contributed by atoms with Crippen molar-refractivity contribution < 1.29 is 0 Å². The Morgan fingerprint density at radius 3 is 2.80 bits per heavy atom. The van der Waals surface area contributed by atoms with Gasteiger partial charge >= 0.3 is 0 Å². The van der Waals surface area contributed by atoms with E-state index in [-0.39, 0.29) is 0 Å². The molecule has 0 fully saturated rings. The van der Waals surface area contributed by atoms with E-state index in [2.05, 4.69) is 25.9 Å². The van der Waals surface area contributed by atoms with Crippen molar-refractivity contribution in [3.63, 3.8) is 0 Å². The Labute approximate surface area is 96.5 Å². The van der Waals surface area contributed by atoms with Crippen molar-refractivity contribution in [1.29, 1.82) is 0 Å². The van der Waals surface area contributed by atoms with E-state index in [0.29, 0.717) is 6.54 Å². The molecule has 1 aromatic heterocycles. The molecule has 1 aromatic carbocycles. The zero-order valence-corrected chi connectivity index (χ0v) is 9.61. The highest BCUT2D eigenvalue weighted by molar-refractivity contribution is 9.10. The fourth-order valence-corrected chi connectivity index (χ4v) is 1.75. The van der Waals surface area contributed by atoms with Crippen LogP contribution in [0.2, 0.25) is 0 Å². The molecule has 1 heterocycles. The quantitative estimate of drug-likeness (QED) is 0.905. The Hall–Kier alpha value is -1.26. The van der Waals surface area contributed by atoms with Gasteiger partial charge in [0.25, 0.3) is 0 Å². The van der Waals surface area contributed by atoms with Crippen molar-refractivity contribution in [2.75, 3.05) is 0 Å². The van der Waals surface area contributed by atoms with Crippen LogP contribution in [0.15, 0.2) is 41.3 Å². The molecule has 2 aromatic rings. The maximum Gasteiger partial charge on any atom is 0.0885 e. The van der Waals surface area contributed by atoms with Crippen LogP contribution in [0.25, 0.3) is 11.3 Å². The van der Waals surface area contributed by atoms with E-state index in [4.69, 9.17) is 5.73 Å². The average molecular weight is 264 g/mol. The van der Waals surface area contributed by atoms with Gasteiger partial charge in [-0.15, -0.1) is 0 Å². The molecule has 0 aliphatic heterocycles. The van der Waals surface area contributed by atoms with Crippen LogP contribution in [0, 0.1) is 0 Å². The maximum atomic E-state index is 5.63. The van der Waals surface area contributed by atoms with Crippen LogP contribution in [0.5, 0.6) is 0 Å². The van der Waals surface area contributed by atoms with Gasteiger partial charge in [0.1, 0.15) is 0 Å². The SMILES string of the molecule is NCc1cc(-c2cnccn2)ccc1Br. The standard InChI is InChI=1S/C11H10BrN3/c12-10-2-1-8(5-9(10)6-13)11-7-14-3-4-15-11/h1-5,7H,6,13H2. The smallest absolute Gasteiger partial charge is 0.0885 e. The summed E-state index contributed by atoms with van der Waals surface area (Å²) in [7, 11) is 0. The number of halogens is 1. The van der Waals surface area contributed by atoms with Gasteiger partial charge in [0.2, 0.25) is 0 Å². The topological polar surface area (TPSA) is 51.8 Å². The maximum absolute atomic E-state index is 5.63. The molecule has 0 bridgehead atoms. The average Bonchev–Trinajstić information content (AvgIpc) is 2.31. The van der Waals surface area contributed by atoms with Gasteiger partial charge in [0.05, 0.1) is 11.9 Å². The predicted octanol–water partition coefficient (Wildman–Crippen LogP) is 2.36. The van der Waals surface area contributed by atoms with Crippen LogP contribution in [0.3, 0.4) is 0 Å². The van der Waals surface area contributed by atoms with Crippen LogP contribution >= 0.6 is 15.9 Å². The minimum atomic E-state index is 0.509. The normalized spacial score (nSPS) is 10.3. The van der Waals surface area contributed by atoms with E-state index in [0.717, 1.165) is 21.3 Å². The van der Waals surface area contributed by atoms with Gasteiger partial charge in [-0.3, -0.25) is 9.97 Å². The lowest BCUT2D eigenvalue weighted by atomic mass is 10.1. The summed E-state index contributed by atoms with van der Waals surface area (Å²) in [4.78, 5) is 8.27. The van der Waals surface area contributed by atoms with Gasteiger partial charge in [-0.25, -0.2) is 0 Å². The molecule has 2 N–H and O–H groups in total. The summed E-state index contributed by atoms with van der Waals surface area (Å²) in [6.45, 7) is 0.509. The highest BCUT2D eigenvalue weighted by Crippen LogP contribution is 2.23. The third-order valence-electron chi connectivity index (χ3n) is 2.12. The number of hydrogen-bond donors (Lipinski definition) is 1. The number of hydrogen-bond acceptors (Lipinski definition) is 3. The summed E-state index contributed by atoms with van der Waals surface area (Å²) in [6, 6.07) is 5.99. The molecule has 76 valence electrons. The van der Waals surface area contributed by atoms with Crippen molar-refractivity contribution in [2.24, 2.45) is 5.73 Å². The lowest BCUT2D eigenvalue weighted by Crippen LogP contribution is -1.97.